The van der Waals surface area contributed by atoms with Crippen molar-refractivity contribution >= 4 is 29.7 Å². The minimum absolute atomic E-state index is 0.603. The molecular weight excluding hydrogens is 223 g/mol. The molecule has 1 unspecified atom stereocenters. The molecule has 0 aliphatic carbocycles. The minimum Gasteiger partial charge on any atom is -0.436 e. The molecule has 1 atom stereocenters. The molecule has 0 saturated carbocycles. The van der Waals surface area contributed by atoms with Crippen LogP contribution in [0.25, 0.3) is 0 Å². The number of hydrogen-bond acceptors (Lipinski definition) is 2. The third kappa shape index (κ3) is 3.69. The molecule has 13 heavy (non-hydrogen) atoms. The van der Waals surface area contributed by atoms with Crippen LogP contribution in [-0.2, 0) is 11.8 Å². The molecule has 0 fully saturated rings. The summed E-state index contributed by atoms with van der Waals surface area (Å²) in [5.41, 5.74) is -0.798. The van der Waals surface area contributed by atoms with E-state index in [1.54, 1.807) is 6.07 Å². The van der Waals surface area contributed by atoms with Crippen LogP contribution in [-0.4, -0.2) is 4.89 Å². The maximum Gasteiger partial charge on any atom is 0.291 e. The predicted octanol–water partition coefficient (Wildman–Crippen LogP) is 2.83. The van der Waals surface area contributed by atoms with Gasteiger partial charge in [0.15, 0.2) is 0 Å². The highest BCUT2D eigenvalue weighted by molar-refractivity contribution is 8.59. The van der Waals surface area contributed by atoms with E-state index in [2.05, 4.69) is 24.1 Å². The molecule has 72 valence electrons. The number of thiol groups is 1. The number of aryl methyl sites for hydroxylation is 2. The van der Waals surface area contributed by atoms with Crippen molar-refractivity contribution in [2.24, 2.45) is 0 Å². The van der Waals surface area contributed by atoms with Crippen molar-refractivity contribution in [3.05, 3.63) is 29.3 Å². The average Bonchev–Trinajstić information content (AvgIpc) is 1.93. The Kier molecular flexibility index (Phi) is 3.41. The second-order valence-corrected chi connectivity index (χ2v) is 7.94. The Bertz CT molecular complexity index is 359. The Morgan fingerprint density at radius 2 is 2.08 bits per heavy atom. The third-order valence-corrected chi connectivity index (χ3v) is 2.45. The fourth-order valence-corrected chi connectivity index (χ4v) is 2.00. The van der Waals surface area contributed by atoms with E-state index >= 15 is 0 Å². The van der Waals surface area contributed by atoms with Crippen molar-refractivity contribution < 1.29 is 9.42 Å². The molecule has 0 spiro atoms. The first-order valence-corrected chi connectivity index (χ1v) is 7.53. The van der Waals surface area contributed by atoms with Crippen molar-refractivity contribution in [2.75, 3.05) is 0 Å². The first kappa shape index (κ1) is 11.1. The summed E-state index contributed by atoms with van der Waals surface area (Å²) >= 11 is 8.47. The highest BCUT2D eigenvalue weighted by Crippen LogP contribution is 2.48. The van der Waals surface area contributed by atoms with Gasteiger partial charge in [-0.25, -0.2) is 0 Å². The largest absolute Gasteiger partial charge is 0.436 e. The van der Waals surface area contributed by atoms with Gasteiger partial charge < -0.3 is 9.42 Å². The van der Waals surface area contributed by atoms with Gasteiger partial charge in [0.1, 0.15) is 5.75 Å². The van der Waals surface area contributed by atoms with E-state index in [0.29, 0.717) is 5.75 Å². The molecule has 5 heteroatoms. The Labute approximate surface area is 88.3 Å². The molecule has 1 aromatic carbocycles. The fraction of sp³-hybridized carbons (Fsp3) is 0.250. The van der Waals surface area contributed by atoms with Gasteiger partial charge in [-0.2, -0.15) is 0 Å². The van der Waals surface area contributed by atoms with Gasteiger partial charge >= 0.3 is 0 Å². The van der Waals surface area contributed by atoms with E-state index in [1.165, 1.54) is 0 Å². The van der Waals surface area contributed by atoms with Crippen LogP contribution in [0.2, 0.25) is 0 Å². The zero-order valence-corrected chi connectivity index (χ0v) is 10.00. The fourth-order valence-electron chi connectivity index (χ4n) is 1.03. The monoisotopic (exact) mass is 234 g/mol. The summed E-state index contributed by atoms with van der Waals surface area (Å²) in [6, 6.07) is 5.66. The highest BCUT2D eigenvalue weighted by Gasteiger charge is 2.09. The lowest BCUT2D eigenvalue weighted by molar-refractivity contribution is 0.502. The molecule has 2 nitrogen and oxygen atoms in total. The zero-order chi connectivity index (χ0) is 10.1. The van der Waals surface area contributed by atoms with Gasteiger partial charge in [-0.3, -0.25) is 0 Å². The van der Waals surface area contributed by atoms with Gasteiger partial charge in [-0.15, -0.1) is 0 Å². The van der Waals surface area contributed by atoms with Crippen LogP contribution < -0.4 is 4.52 Å². The van der Waals surface area contributed by atoms with Crippen molar-refractivity contribution in [3.63, 3.8) is 0 Å². The Morgan fingerprint density at radius 1 is 1.46 bits per heavy atom. The topological polar surface area (TPSA) is 29.5 Å². The summed E-state index contributed by atoms with van der Waals surface area (Å²) in [4.78, 5) is 9.23. The summed E-state index contributed by atoms with van der Waals surface area (Å²) in [6.45, 7) is 3.90. The van der Waals surface area contributed by atoms with Gasteiger partial charge in [-0.05, 0) is 37.3 Å². The van der Waals surface area contributed by atoms with Crippen molar-refractivity contribution in [2.45, 2.75) is 13.8 Å². The normalized spacial score (nSPS) is 15.1. The predicted molar refractivity (Wildman–Crippen MR) is 62.0 cm³/mol. The Balaban J connectivity index is 2.97. The number of benzene rings is 1. The van der Waals surface area contributed by atoms with Crippen LogP contribution in [0.15, 0.2) is 18.2 Å². The van der Waals surface area contributed by atoms with Crippen molar-refractivity contribution in [3.8, 4) is 5.75 Å². The van der Waals surface area contributed by atoms with Gasteiger partial charge in [0.05, 0.1) is 0 Å². The molecule has 0 amide bonds. The average molecular weight is 234 g/mol. The molecular formula is C8H11O2PS2. The molecule has 0 saturated heterocycles. The molecule has 0 aliphatic heterocycles. The van der Waals surface area contributed by atoms with E-state index in [4.69, 9.17) is 4.52 Å². The molecule has 0 heterocycles. The quantitative estimate of drug-likeness (QED) is 0.609. The van der Waals surface area contributed by atoms with Crippen LogP contribution in [0.1, 0.15) is 11.1 Å². The van der Waals surface area contributed by atoms with Crippen LogP contribution in [0, 0.1) is 13.8 Å². The lowest BCUT2D eigenvalue weighted by atomic mass is 10.1. The van der Waals surface area contributed by atoms with E-state index in [-0.39, 0.29) is 0 Å². The summed E-state index contributed by atoms with van der Waals surface area (Å²) in [7, 11) is 0. The number of rotatable bonds is 2. The van der Waals surface area contributed by atoms with Crippen LogP contribution in [0.5, 0.6) is 5.75 Å². The SMILES string of the molecule is Cc1ccc(OP(O)(=S)S)c(C)c1. The van der Waals surface area contributed by atoms with Gasteiger partial charge in [0.25, 0.3) is 5.69 Å². The second kappa shape index (κ2) is 4.01. The summed E-state index contributed by atoms with van der Waals surface area (Å²) in [5.74, 6) is 0.603. The summed E-state index contributed by atoms with van der Waals surface area (Å²) in [6.07, 6.45) is 0. The van der Waals surface area contributed by atoms with E-state index < -0.39 is 5.69 Å². The third-order valence-electron chi connectivity index (χ3n) is 1.55. The van der Waals surface area contributed by atoms with E-state index in [1.807, 2.05) is 26.0 Å². The molecule has 1 N–H and O–H groups in total. The van der Waals surface area contributed by atoms with Crippen LogP contribution in [0.3, 0.4) is 0 Å². The Hall–Kier alpha value is -0.0200. The lowest BCUT2D eigenvalue weighted by Crippen LogP contribution is -1.88. The smallest absolute Gasteiger partial charge is 0.291 e. The second-order valence-electron chi connectivity index (χ2n) is 2.85. The molecule has 0 radical (unpaired) electrons. The molecule has 1 aromatic rings. The zero-order valence-electron chi connectivity index (χ0n) is 7.39. The number of hydrogen-bond donors (Lipinski definition) is 2. The maximum absolute atomic E-state index is 9.23. The minimum atomic E-state index is -2.90. The lowest BCUT2D eigenvalue weighted by Gasteiger charge is -2.13. The summed E-state index contributed by atoms with van der Waals surface area (Å²) in [5, 5.41) is 0. The first-order valence-electron chi connectivity index (χ1n) is 3.71. The van der Waals surface area contributed by atoms with E-state index in [0.717, 1.165) is 11.1 Å². The molecule has 0 bridgehead atoms. The van der Waals surface area contributed by atoms with Gasteiger partial charge in [0.2, 0.25) is 0 Å². The molecule has 0 aliphatic rings. The highest BCUT2D eigenvalue weighted by atomic mass is 32.9. The standard InChI is InChI=1S/C8H11O2PS2/c1-6-3-4-8(7(2)5-6)10-11(9,12)13/h3-5H,1-2H3,(H2,9,12,13). The molecule has 1 rings (SSSR count). The Morgan fingerprint density at radius 3 is 2.54 bits per heavy atom. The van der Waals surface area contributed by atoms with Crippen molar-refractivity contribution in [1.29, 1.82) is 0 Å². The summed E-state index contributed by atoms with van der Waals surface area (Å²) < 4.78 is 5.13. The van der Waals surface area contributed by atoms with Crippen LogP contribution >= 0.6 is 17.9 Å². The first-order chi connectivity index (χ1) is 5.88. The van der Waals surface area contributed by atoms with Crippen molar-refractivity contribution in [1.82, 2.24) is 0 Å². The molecule has 0 aromatic heterocycles. The van der Waals surface area contributed by atoms with Gasteiger partial charge in [0, 0.05) is 0 Å². The van der Waals surface area contributed by atoms with Crippen LogP contribution in [0.4, 0.5) is 0 Å². The maximum atomic E-state index is 9.23. The van der Waals surface area contributed by atoms with E-state index in [9.17, 15) is 4.89 Å². The van der Waals surface area contributed by atoms with Gasteiger partial charge in [-0.1, -0.05) is 29.9 Å².